The van der Waals surface area contributed by atoms with Crippen LogP contribution in [0.5, 0.6) is 0 Å². The van der Waals surface area contributed by atoms with Crippen molar-refractivity contribution in [3.05, 3.63) is 12.2 Å². The molecule has 0 heterocycles. The van der Waals surface area contributed by atoms with E-state index in [0.717, 1.165) is 12.0 Å². The molecule has 1 saturated carbocycles. The number of rotatable bonds is 6. The van der Waals surface area contributed by atoms with Gasteiger partial charge in [-0.3, -0.25) is 4.79 Å². The van der Waals surface area contributed by atoms with Gasteiger partial charge in [0.2, 0.25) is 8.32 Å². The average Bonchev–Trinajstić information content (AvgIpc) is 2.38. The molecule has 1 aliphatic carbocycles. The zero-order valence-electron chi connectivity index (χ0n) is 16.2. The number of Topliss-reactive ketones (excluding diaryl/α,β-unsaturated/α-hetero) is 1. The van der Waals surface area contributed by atoms with Crippen molar-refractivity contribution in [3.8, 4) is 0 Å². The second-order valence-corrected chi connectivity index (χ2v) is 14.6. The summed E-state index contributed by atoms with van der Waals surface area (Å²) in [6.45, 7) is 21.5. The van der Waals surface area contributed by atoms with E-state index in [1.807, 2.05) is 13.8 Å². The summed E-state index contributed by atoms with van der Waals surface area (Å²) in [6, 6.07) is 0. The van der Waals surface area contributed by atoms with Crippen LogP contribution in [0.3, 0.4) is 0 Å². The van der Waals surface area contributed by atoms with Crippen molar-refractivity contribution in [1.29, 1.82) is 0 Å². The smallest absolute Gasteiger partial charge is 0.200 e. The van der Waals surface area contributed by atoms with Crippen molar-refractivity contribution in [2.24, 2.45) is 5.92 Å². The molecule has 0 N–H and O–H groups in total. The number of allylic oxidation sites excluding steroid dienone is 1. The summed E-state index contributed by atoms with van der Waals surface area (Å²) in [5.74, 6) is 0.292. The Labute approximate surface area is 149 Å². The molecular formula is C19H35ClO2Si. The van der Waals surface area contributed by atoms with Gasteiger partial charge in [-0.2, -0.15) is 0 Å². The Morgan fingerprint density at radius 3 is 2.00 bits per heavy atom. The number of hydrogen-bond donors (Lipinski definition) is 0. The Kier molecular flexibility index (Phi) is 6.74. The largest absolute Gasteiger partial charge is 0.411 e. The van der Waals surface area contributed by atoms with Gasteiger partial charge >= 0.3 is 0 Å². The molecule has 0 aliphatic heterocycles. The molecule has 1 aliphatic rings. The fraction of sp³-hybridized carbons (Fsp3) is 0.842. The van der Waals surface area contributed by atoms with Crippen molar-refractivity contribution >= 4 is 25.7 Å². The number of carbonyl (C=O) groups excluding carboxylic acids is 1. The molecule has 0 radical (unpaired) electrons. The van der Waals surface area contributed by atoms with Gasteiger partial charge in [0.25, 0.3) is 0 Å². The minimum Gasteiger partial charge on any atom is -0.411 e. The van der Waals surface area contributed by atoms with Crippen LogP contribution in [0.2, 0.25) is 16.6 Å². The van der Waals surface area contributed by atoms with Crippen LogP contribution in [0.15, 0.2) is 12.2 Å². The number of ketones is 1. The second kappa shape index (κ2) is 7.41. The molecular weight excluding hydrogens is 324 g/mol. The molecule has 3 atom stereocenters. The molecule has 4 heteroatoms. The number of hydrogen-bond acceptors (Lipinski definition) is 2. The molecule has 2 nitrogen and oxygen atoms in total. The molecule has 0 amide bonds. The molecule has 0 unspecified atom stereocenters. The van der Waals surface area contributed by atoms with Crippen LogP contribution in [0.25, 0.3) is 0 Å². The predicted octanol–water partition coefficient (Wildman–Crippen LogP) is 6.10. The van der Waals surface area contributed by atoms with Gasteiger partial charge < -0.3 is 4.43 Å². The summed E-state index contributed by atoms with van der Waals surface area (Å²) in [5.41, 5.74) is 2.51. The molecule has 134 valence electrons. The van der Waals surface area contributed by atoms with Gasteiger partial charge in [0.1, 0.15) is 4.87 Å². The third-order valence-electron chi connectivity index (χ3n) is 5.83. The quantitative estimate of drug-likeness (QED) is 0.325. The molecule has 23 heavy (non-hydrogen) atoms. The van der Waals surface area contributed by atoms with Crippen molar-refractivity contribution in [2.75, 3.05) is 0 Å². The van der Waals surface area contributed by atoms with Crippen LogP contribution >= 0.6 is 11.6 Å². The lowest BCUT2D eigenvalue weighted by Crippen LogP contribution is -2.58. The zero-order chi connectivity index (χ0) is 18.2. The van der Waals surface area contributed by atoms with E-state index in [-0.39, 0.29) is 17.8 Å². The monoisotopic (exact) mass is 358 g/mol. The highest BCUT2D eigenvalue weighted by Crippen LogP contribution is 2.47. The number of halogens is 1. The topological polar surface area (TPSA) is 26.3 Å². The van der Waals surface area contributed by atoms with Crippen LogP contribution < -0.4 is 0 Å². The fourth-order valence-corrected chi connectivity index (χ4v) is 10.3. The molecule has 0 spiro atoms. The number of alkyl halides is 1. The van der Waals surface area contributed by atoms with Crippen molar-refractivity contribution in [3.63, 3.8) is 0 Å². The first-order valence-electron chi connectivity index (χ1n) is 8.92. The van der Waals surface area contributed by atoms with Gasteiger partial charge in [0.05, 0.1) is 6.10 Å². The van der Waals surface area contributed by atoms with Crippen LogP contribution in [0.1, 0.15) is 68.2 Å². The fourth-order valence-electron chi connectivity index (χ4n) is 4.35. The Balaban J connectivity index is 3.23. The lowest BCUT2D eigenvalue weighted by Gasteiger charge is -2.49. The van der Waals surface area contributed by atoms with Crippen molar-refractivity contribution < 1.29 is 9.22 Å². The standard InChI is InChI=1S/C19H35ClO2Si/c1-12(2)16-10-17(21)19(9,20)18(11-16)22-23(13(3)4,14(5)6)15(7)8/h13-16,18H,1,10-11H2,2-9H3/t16-,18+,19+/m0/s1. The summed E-state index contributed by atoms with van der Waals surface area (Å²) in [5, 5.41) is 0. The van der Waals surface area contributed by atoms with Gasteiger partial charge in [-0.1, -0.05) is 53.7 Å². The van der Waals surface area contributed by atoms with Crippen LogP contribution in [0.4, 0.5) is 0 Å². The van der Waals surface area contributed by atoms with Crippen LogP contribution in [0, 0.1) is 5.92 Å². The van der Waals surface area contributed by atoms with E-state index >= 15 is 0 Å². The molecule has 1 fully saturated rings. The lowest BCUT2D eigenvalue weighted by atomic mass is 9.76. The molecule has 0 bridgehead atoms. The van der Waals surface area contributed by atoms with Gasteiger partial charge in [0, 0.05) is 6.42 Å². The van der Waals surface area contributed by atoms with Crippen LogP contribution in [-0.4, -0.2) is 25.1 Å². The Bertz CT molecular complexity index is 433. The Morgan fingerprint density at radius 1 is 1.22 bits per heavy atom. The van der Waals surface area contributed by atoms with Gasteiger partial charge in [-0.15, -0.1) is 11.6 Å². The first-order chi connectivity index (χ1) is 10.4. The normalized spacial score (nSPS) is 29.7. The highest BCUT2D eigenvalue weighted by molar-refractivity contribution is 6.77. The van der Waals surface area contributed by atoms with E-state index < -0.39 is 13.2 Å². The van der Waals surface area contributed by atoms with E-state index in [9.17, 15) is 4.79 Å². The summed E-state index contributed by atoms with van der Waals surface area (Å²) >= 11 is 6.70. The van der Waals surface area contributed by atoms with E-state index in [1.165, 1.54) is 0 Å². The zero-order valence-corrected chi connectivity index (χ0v) is 18.0. The third kappa shape index (κ3) is 3.93. The van der Waals surface area contributed by atoms with Gasteiger partial charge in [-0.25, -0.2) is 0 Å². The van der Waals surface area contributed by atoms with Crippen molar-refractivity contribution in [1.82, 2.24) is 0 Å². The van der Waals surface area contributed by atoms with E-state index in [0.29, 0.717) is 23.0 Å². The first-order valence-corrected chi connectivity index (χ1v) is 11.4. The third-order valence-corrected chi connectivity index (χ3v) is 12.4. The second-order valence-electron chi connectivity index (χ2n) is 8.41. The van der Waals surface area contributed by atoms with Crippen molar-refractivity contribution in [2.45, 2.75) is 95.8 Å². The summed E-state index contributed by atoms with van der Waals surface area (Å²) in [7, 11) is -2.06. The first kappa shape index (κ1) is 20.9. The Morgan fingerprint density at radius 2 is 1.65 bits per heavy atom. The van der Waals surface area contributed by atoms with E-state index in [4.69, 9.17) is 16.0 Å². The lowest BCUT2D eigenvalue weighted by molar-refractivity contribution is -0.127. The van der Waals surface area contributed by atoms with Crippen LogP contribution in [-0.2, 0) is 9.22 Å². The molecule has 0 aromatic heterocycles. The summed E-state index contributed by atoms with van der Waals surface area (Å²) < 4.78 is 6.87. The minimum atomic E-state index is -2.06. The Hall–Kier alpha value is -0.123. The maximum Gasteiger partial charge on any atom is 0.200 e. The van der Waals surface area contributed by atoms with E-state index in [2.05, 4.69) is 48.1 Å². The van der Waals surface area contributed by atoms with E-state index in [1.54, 1.807) is 0 Å². The molecule has 1 rings (SSSR count). The SMILES string of the molecule is C=C(C)[C@H]1CC(=O)[C@@](C)(Cl)[C@H](O[Si](C(C)C)(C(C)C)C(C)C)C1. The molecule has 0 aromatic carbocycles. The maximum atomic E-state index is 12.6. The average molecular weight is 359 g/mol. The van der Waals surface area contributed by atoms with Gasteiger partial charge in [-0.05, 0) is 42.8 Å². The minimum absolute atomic E-state index is 0.0996. The predicted molar refractivity (Wildman–Crippen MR) is 103 cm³/mol. The molecule has 0 saturated heterocycles. The highest BCUT2D eigenvalue weighted by atomic mass is 35.5. The molecule has 0 aromatic rings. The maximum absolute atomic E-state index is 12.6. The summed E-state index contributed by atoms with van der Waals surface area (Å²) in [6.07, 6.45) is 1.09. The number of carbonyl (C=O) groups is 1. The highest BCUT2D eigenvalue weighted by Gasteiger charge is 2.53. The van der Waals surface area contributed by atoms with Gasteiger partial charge in [0.15, 0.2) is 5.78 Å². The summed E-state index contributed by atoms with van der Waals surface area (Å²) in [4.78, 5) is 11.7.